The highest BCUT2D eigenvalue weighted by atomic mass is 35.5. The van der Waals surface area contributed by atoms with Crippen LogP contribution < -0.4 is 4.74 Å². The van der Waals surface area contributed by atoms with E-state index in [1.807, 2.05) is 0 Å². The lowest BCUT2D eigenvalue weighted by atomic mass is 10.1. The molecule has 1 heterocycles. The Hall–Kier alpha value is -1.83. The lowest BCUT2D eigenvalue weighted by Crippen LogP contribution is -2.07. The predicted octanol–water partition coefficient (Wildman–Crippen LogP) is 2.32. The van der Waals surface area contributed by atoms with Crippen molar-refractivity contribution in [1.29, 1.82) is 0 Å². The van der Waals surface area contributed by atoms with E-state index >= 15 is 0 Å². The summed E-state index contributed by atoms with van der Waals surface area (Å²) in [5.41, 5.74) is -2.45. The number of aromatic nitrogens is 1. The van der Waals surface area contributed by atoms with E-state index in [1.165, 1.54) is 0 Å². The average molecular weight is 267 g/mol. The van der Waals surface area contributed by atoms with Crippen LogP contribution >= 0.6 is 11.6 Å². The first kappa shape index (κ1) is 13.2. The van der Waals surface area contributed by atoms with Gasteiger partial charge >= 0.3 is 5.69 Å². The summed E-state index contributed by atoms with van der Waals surface area (Å²) in [6.07, 6.45) is -2.51. The fourth-order valence-corrected chi connectivity index (χ4v) is 1.37. The van der Waals surface area contributed by atoms with Gasteiger partial charge in [-0.25, -0.2) is 13.8 Å². The summed E-state index contributed by atoms with van der Waals surface area (Å²) in [5, 5.41) is 9.28. The highest BCUT2D eigenvalue weighted by molar-refractivity contribution is 6.68. The molecule has 1 aromatic heterocycles. The number of alkyl halides is 2. The molecule has 0 N–H and O–H groups in total. The van der Waals surface area contributed by atoms with E-state index in [9.17, 15) is 23.7 Å². The van der Waals surface area contributed by atoms with E-state index in [2.05, 4.69) is 9.72 Å². The lowest BCUT2D eigenvalue weighted by Gasteiger charge is -2.09. The van der Waals surface area contributed by atoms with Gasteiger partial charge in [0.15, 0.2) is 0 Å². The zero-order valence-electron chi connectivity index (χ0n) is 8.32. The van der Waals surface area contributed by atoms with Crippen LogP contribution in [0, 0.1) is 10.1 Å². The standard InChI is InChI=1S/C8H5ClF2N2O4/c1-17-6-3(13(15)16)2-12-5(8(10)11)4(6)7(9)14/h2,8H,1H3. The average Bonchev–Trinajstić information content (AvgIpc) is 2.26. The first-order valence-electron chi connectivity index (χ1n) is 4.09. The number of nitrogens with zero attached hydrogens (tertiary/aromatic N) is 2. The summed E-state index contributed by atoms with van der Waals surface area (Å²) in [7, 11) is 1.00. The van der Waals surface area contributed by atoms with Crippen molar-refractivity contribution in [2.75, 3.05) is 7.11 Å². The Kier molecular flexibility index (Phi) is 3.89. The second-order valence-electron chi connectivity index (χ2n) is 2.77. The molecule has 0 bridgehead atoms. The number of halogens is 3. The zero-order valence-corrected chi connectivity index (χ0v) is 9.07. The molecule has 0 aliphatic rings. The minimum Gasteiger partial charge on any atom is -0.490 e. The molecule has 1 rings (SSSR count). The Balaban J connectivity index is 3.61. The maximum atomic E-state index is 12.5. The summed E-state index contributed by atoms with van der Waals surface area (Å²) in [6.45, 7) is 0. The van der Waals surface area contributed by atoms with Crippen LogP contribution in [-0.2, 0) is 0 Å². The van der Waals surface area contributed by atoms with Gasteiger partial charge in [0.2, 0.25) is 5.75 Å². The van der Waals surface area contributed by atoms with Gasteiger partial charge in [-0.05, 0) is 11.6 Å². The molecular weight excluding hydrogens is 262 g/mol. The molecule has 92 valence electrons. The summed E-state index contributed by atoms with van der Waals surface area (Å²) in [6, 6.07) is 0. The molecule has 0 saturated heterocycles. The molecule has 0 amide bonds. The van der Waals surface area contributed by atoms with E-state index in [4.69, 9.17) is 11.6 Å². The fourth-order valence-electron chi connectivity index (χ4n) is 1.19. The minimum absolute atomic E-state index is 0.587. The third kappa shape index (κ3) is 2.47. The smallest absolute Gasteiger partial charge is 0.329 e. The zero-order chi connectivity index (χ0) is 13.2. The van der Waals surface area contributed by atoms with Crippen molar-refractivity contribution in [2.45, 2.75) is 6.43 Å². The van der Waals surface area contributed by atoms with Gasteiger partial charge in [0.05, 0.1) is 12.0 Å². The summed E-state index contributed by atoms with van der Waals surface area (Å²) in [4.78, 5) is 23.8. The Morgan fingerprint density at radius 3 is 2.59 bits per heavy atom. The van der Waals surface area contributed by atoms with Crippen LogP contribution in [-0.4, -0.2) is 22.3 Å². The van der Waals surface area contributed by atoms with Gasteiger partial charge in [0.1, 0.15) is 17.5 Å². The molecule has 0 atom stereocenters. The maximum absolute atomic E-state index is 12.5. The summed E-state index contributed by atoms with van der Waals surface area (Å²) in [5.74, 6) is -0.625. The second kappa shape index (κ2) is 5.00. The number of carbonyl (C=O) groups excluding carboxylic acids is 1. The summed E-state index contributed by atoms with van der Waals surface area (Å²) >= 11 is 5.10. The molecule has 0 radical (unpaired) electrons. The van der Waals surface area contributed by atoms with Crippen LogP contribution in [0.15, 0.2) is 6.20 Å². The summed E-state index contributed by atoms with van der Waals surface area (Å²) < 4.78 is 29.6. The Labute approximate surface area is 98.3 Å². The number of rotatable bonds is 4. The van der Waals surface area contributed by atoms with Gasteiger partial charge in [0.25, 0.3) is 11.7 Å². The van der Waals surface area contributed by atoms with Crippen molar-refractivity contribution in [1.82, 2.24) is 4.98 Å². The highest BCUT2D eigenvalue weighted by Crippen LogP contribution is 2.36. The van der Waals surface area contributed by atoms with E-state index in [1.54, 1.807) is 0 Å². The quantitative estimate of drug-likeness (QED) is 0.474. The maximum Gasteiger partial charge on any atom is 0.329 e. The van der Waals surface area contributed by atoms with E-state index in [-0.39, 0.29) is 0 Å². The number of methoxy groups -OCH3 is 1. The first-order valence-corrected chi connectivity index (χ1v) is 4.47. The molecule has 0 aliphatic carbocycles. The molecule has 0 aliphatic heterocycles. The highest BCUT2D eigenvalue weighted by Gasteiger charge is 2.30. The Bertz CT molecular complexity index is 481. The molecular formula is C8H5ClF2N2O4. The monoisotopic (exact) mass is 266 g/mol. The van der Waals surface area contributed by atoms with E-state index in [0.29, 0.717) is 6.20 Å². The lowest BCUT2D eigenvalue weighted by molar-refractivity contribution is -0.386. The minimum atomic E-state index is -3.09. The third-order valence-electron chi connectivity index (χ3n) is 1.85. The van der Waals surface area contributed by atoms with Crippen molar-refractivity contribution in [3.8, 4) is 5.75 Å². The fraction of sp³-hybridized carbons (Fsp3) is 0.250. The van der Waals surface area contributed by atoms with E-state index < -0.39 is 39.3 Å². The van der Waals surface area contributed by atoms with Crippen LogP contribution in [0.4, 0.5) is 14.5 Å². The van der Waals surface area contributed by atoms with Gasteiger partial charge in [-0.15, -0.1) is 0 Å². The molecule has 9 heteroatoms. The molecule has 0 saturated carbocycles. The molecule has 0 unspecified atom stereocenters. The molecule has 6 nitrogen and oxygen atoms in total. The number of ether oxygens (including phenoxy) is 1. The number of hydrogen-bond acceptors (Lipinski definition) is 5. The van der Waals surface area contributed by atoms with E-state index in [0.717, 1.165) is 7.11 Å². The second-order valence-corrected chi connectivity index (χ2v) is 3.11. The largest absolute Gasteiger partial charge is 0.490 e. The number of hydrogen-bond donors (Lipinski definition) is 0. The topological polar surface area (TPSA) is 82.3 Å². The third-order valence-corrected chi connectivity index (χ3v) is 2.03. The van der Waals surface area contributed by atoms with Crippen molar-refractivity contribution in [2.24, 2.45) is 0 Å². The van der Waals surface area contributed by atoms with Crippen LogP contribution in [0.2, 0.25) is 0 Å². The molecule has 17 heavy (non-hydrogen) atoms. The van der Waals surface area contributed by atoms with Crippen molar-refractivity contribution in [3.63, 3.8) is 0 Å². The van der Waals surface area contributed by atoms with Gasteiger partial charge in [-0.1, -0.05) is 0 Å². The molecule has 1 aromatic rings. The van der Waals surface area contributed by atoms with Gasteiger partial charge in [0, 0.05) is 0 Å². The van der Waals surface area contributed by atoms with Crippen molar-refractivity contribution < 1.29 is 23.2 Å². The normalized spacial score (nSPS) is 10.4. The van der Waals surface area contributed by atoms with Crippen molar-refractivity contribution in [3.05, 3.63) is 27.6 Å². The van der Waals surface area contributed by atoms with Gasteiger partial charge < -0.3 is 4.74 Å². The molecule has 0 spiro atoms. The van der Waals surface area contributed by atoms with Crippen LogP contribution in [0.3, 0.4) is 0 Å². The van der Waals surface area contributed by atoms with Gasteiger partial charge in [-0.3, -0.25) is 14.9 Å². The van der Waals surface area contributed by atoms with Crippen molar-refractivity contribution >= 4 is 22.5 Å². The molecule has 0 aromatic carbocycles. The Morgan fingerprint density at radius 1 is 1.65 bits per heavy atom. The number of nitro groups is 1. The molecule has 0 fully saturated rings. The number of carbonyl (C=O) groups is 1. The van der Waals surface area contributed by atoms with Crippen LogP contribution in [0.5, 0.6) is 5.75 Å². The first-order chi connectivity index (χ1) is 7.90. The SMILES string of the molecule is COc1c([N+](=O)[O-])cnc(C(F)F)c1C(=O)Cl. The predicted molar refractivity (Wildman–Crippen MR) is 52.6 cm³/mol. The Morgan fingerprint density at radius 2 is 2.24 bits per heavy atom. The number of pyridine rings is 1. The van der Waals surface area contributed by atoms with Gasteiger partial charge in [-0.2, -0.15) is 0 Å². The van der Waals surface area contributed by atoms with Crippen LogP contribution in [0.25, 0.3) is 0 Å². The van der Waals surface area contributed by atoms with Crippen LogP contribution in [0.1, 0.15) is 22.5 Å².